The maximum absolute atomic E-state index is 10.4. The van der Waals surface area contributed by atoms with Gasteiger partial charge in [-0.1, -0.05) is 64.1 Å². The molecule has 0 aliphatic heterocycles. The van der Waals surface area contributed by atoms with Crippen LogP contribution in [0, 0.1) is 5.92 Å². The zero-order chi connectivity index (χ0) is 17.0. The summed E-state index contributed by atoms with van der Waals surface area (Å²) in [6, 6.07) is 10.2. The lowest BCUT2D eigenvalue weighted by molar-refractivity contribution is 0.0653. The highest BCUT2D eigenvalue weighted by Crippen LogP contribution is 2.41. The van der Waals surface area contributed by atoms with Crippen molar-refractivity contribution in [2.24, 2.45) is 5.92 Å². The molecule has 3 atom stereocenters. The largest absolute Gasteiger partial charge is 0.410 e. The fraction of sp³-hybridized carbons (Fsp3) is 0.579. The molecule has 0 aliphatic rings. The molecule has 1 aromatic carbocycles. The molecule has 1 aromatic rings. The first-order valence-electron chi connectivity index (χ1n) is 8.12. The van der Waals surface area contributed by atoms with E-state index < -0.39 is 14.4 Å². The molecule has 0 amide bonds. The van der Waals surface area contributed by atoms with E-state index in [-0.39, 0.29) is 17.1 Å². The lowest BCUT2D eigenvalue weighted by atomic mass is 9.96. The van der Waals surface area contributed by atoms with E-state index in [0.29, 0.717) is 6.42 Å². The van der Waals surface area contributed by atoms with E-state index in [9.17, 15) is 5.11 Å². The molecule has 22 heavy (non-hydrogen) atoms. The van der Waals surface area contributed by atoms with E-state index in [1.807, 2.05) is 25.1 Å². The van der Waals surface area contributed by atoms with E-state index in [1.54, 1.807) is 6.08 Å². The minimum atomic E-state index is -1.90. The van der Waals surface area contributed by atoms with Gasteiger partial charge < -0.3 is 9.53 Å². The van der Waals surface area contributed by atoms with Gasteiger partial charge in [-0.3, -0.25) is 0 Å². The first-order valence-corrected chi connectivity index (χ1v) is 11.0. The lowest BCUT2D eigenvalue weighted by Crippen LogP contribution is -2.42. The highest BCUT2D eigenvalue weighted by molar-refractivity contribution is 6.74. The summed E-state index contributed by atoms with van der Waals surface area (Å²) in [4.78, 5) is 0. The van der Waals surface area contributed by atoms with E-state index >= 15 is 0 Å². The molecule has 3 heteroatoms. The van der Waals surface area contributed by atoms with Crippen LogP contribution in [0.3, 0.4) is 0 Å². The minimum absolute atomic E-state index is 0.0641. The molecule has 0 fully saturated rings. The molecular weight excluding hydrogens is 288 g/mol. The molecule has 2 nitrogen and oxygen atoms in total. The number of aliphatic hydroxyl groups excluding tert-OH is 1. The third kappa shape index (κ3) is 5.08. The van der Waals surface area contributed by atoms with Gasteiger partial charge in [0.15, 0.2) is 8.32 Å². The fourth-order valence-electron chi connectivity index (χ4n) is 2.04. The maximum atomic E-state index is 10.4. The predicted molar refractivity (Wildman–Crippen MR) is 97.4 cm³/mol. The van der Waals surface area contributed by atoms with Crippen molar-refractivity contribution in [3.8, 4) is 0 Å². The molecule has 1 N–H and O–H groups in total. The summed E-state index contributed by atoms with van der Waals surface area (Å²) < 4.78 is 6.60. The third-order valence-corrected chi connectivity index (χ3v) is 9.33. The molecule has 1 rings (SSSR count). The number of hydrogen-bond acceptors (Lipinski definition) is 2. The molecule has 124 valence electrons. The van der Waals surface area contributed by atoms with Gasteiger partial charge in [0, 0.05) is 6.42 Å². The summed E-state index contributed by atoms with van der Waals surface area (Å²) in [5, 5.41) is 10.6. The van der Waals surface area contributed by atoms with E-state index in [1.165, 1.54) is 0 Å². The topological polar surface area (TPSA) is 29.5 Å². The van der Waals surface area contributed by atoms with Crippen molar-refractivity contribution in [2.45, 2.75) is 64.5 Å². The second-order valence-corrected chi connectivity index (χ2v) is 12.4. The molecule has 0 aliphatic carbocycles. The summed E-state index contributed by atoms with van der Waals surface area (Å²) in [7, 11) is -1.90. The van der Waals surface area contributed by atoms with E-state index in [4.69, 9.17) is 4.43 Å². The SMILES string of the molecule is C=C[C@@H](C)[C@H](O)C[C@@H](O[Si](C)(C)C(C)(C)C)c1ccccc1. The summed E-state index contributed by atoms with van der Waals surface area (Å²) >= 11 is 0. The predicted octanol–water partition coefficient (Wildman–Crippen LogP) is 5.32. The Balaban J connectivity index is 3.00. The average Bonchev–Trinajstić information content (AvgIpc) is 2.45. The molecular formula is C19H32O2Si. The third-order valence-electron chi connectivity index (χ3n) is 4.85. The second-order valence-electron chi connectivity index (χ2n) is 7.68. The fourth-order valence-corrected chi connectivity index (χ4v) is 3.34. The maximum Gasteiger partial charge on any atom is 0.192 e. The number of hydrogen-bond donors (Lipinski definition) is 1. The van der Waals surface area contributed by atoms with Gasteiger partial charge in [-0.25, -0.2) is 0 Å². The van der Waals surface area contributed by atoms with Crippen molar-refractivity contribution >= 4 is 8.32 Å². The van der Waals surface area contributed by atoms with Crippen LogP contribution >= 0.6 is 0 Å². The minimum Gasteiger partial charge on any atom is -0.410 e. The Kier molecular flexibility index (Phi) is 6.60. The summed E-state index contributed by atoms with van der Waals surface area (Å²) in [6.45, 7) is 17.0. The molecule has 0 bridgehead atoms. The Morgan fingerprint density at radius 2 is 1.77 bits per heavy atom. The van der Waals surface area contributed by atoms with E-state index in [2.05, 4.69) is 52.6 Å². The van der Waals surface area contributed by atoms with Crippen LogP contribution in [0.2, 0.25) is 18.1 Å². The van der Waals surface area contributed by atoms with Crippen LogP contribution in [-0.2, 0) is 4.43 Å². The van der Waals surface area contributed by atoms with E-state index in [0.717, 1.165) is 5.56 Å². The average molecular weight is 321 g/mol. The van der Waals surface area contributed by atoms with Crippen LogP contribution in [-0.4, -0.2) is 19.5 Å². The number of rotatable bonds is 7. The van der Waals surface area contributed by atoms with Crippen molar-refractivity contribution in [1.82, 2.24) is 0 Å². The van der Waals surface area contributed by atoms with Crippen LogP contribution in [0.15, 0.2) is 43.0 Å². The van der Waals surface area contributed by atoms with Gasteiger partial charge in [-0.15, -0.1) is 6.58 Å². The van der Waals surface area contributed by atoms with Gasteiger partial charge >= 0.3 is 0 Å². The standard InChI is InChI=1S/C19H32O2Si/c1-8-15(2)17(20)14-18(16-12-10-9-11-13-16)21-22(6,7)19(3,4)5/h8-13,15,17-18,20H,1,14H2,2-7H3/t15-,17-,18-/m1/s1. The molecule has 0 saturated heterocycles. The van der Waals surface area contributed by atoms with Crippen molar-refractivity contribution in [2.75, 3.05) is 0 Å². The summed E-state index contributed by atoms with van der Waals surface area (Å²) in [5.74, 6) is 0.0641. The second kappa shape index (κ2) is 7.58. The van der Waals surface area contributed by atoms with Crippen molar-refractivity contribution < 1.29 is 9.53 Å². The zero-order valence-corrected chi connectivity index (χ0v) is 16.0. The van der Waals surface area contributed by atoms with Crippen LogP contribution in [0.25, 0.3) is 0 Å². The van der Waals surface area contributed by atoms with Crippen LogP contribution in [0.4, 0.5) is 0 Å². The van der Waals surface area contributed by atoms with Gasteiger partial charge in [-0.05, 0) is 29.6 Å². The number of aliphatic hydroxyl groups is 1. The van der Waals surface area contributed by atoms with Crippen molar-refractivity contribution in [1.29, 1.82) is 0 Å². The van der Waals surface area contributed by atoms with Crippen LogP contribution in [0.1, 0.15) is 45.8 Å². The quantitative estimate of drug-likeness (QED) is 0.544. The summed E-state index contributed by atoms with van der Waals surface area (Å²) in [5.41, 5.74) is 1.14. The highest BCUT2D eigenvalue weighted by atomic mass is 28.4. The molecule has 0 aromatic heterocycles. The molecule has 0 radical (unpaired) electrons. The van der Waals surface area contributed by atoms with Gasteiger partial charge in [0.1, 0.15) is 0 Å². The Morgan fingerprint density at radius 1 is 1.23 bits per heavy atom. The highest BCUT2D eigenvalue weighted by Gasteiger charge is 2.39. The normalized spacial score (nSPS) is 16.9. The van der Waals surface area contributed by atoms with Crippen molar-refractivity contribution in [3.63, 3.8) is 0 Å². The lowest BCUT2D eigenvalue weighted by Gasteiger charge is -2.40. The Hall–Kier alpha value is -0.903. The Labute approximate surface area is 137 Å². The molecule has 0 unspecified atom stereocenters. The monoisotopic (exact) mass is 320 g/mol. The van der Waals surface area contributed by atoms with Crippen LogP contribution < -0.4 is 0 Å². The van der Waals surface area contributed by atoms with Gasteiger partial charge in [0.25, 0.3) is 0 Å². The summed E-state index contributed by atoms with van der Waals surface area (Å²) in [6.07, 6.45) is 1.90. The molecule has 0 spiro atoms. The molecule has 0 heterocycles. The first kappa shape index (κ1) is 19.1. The smallest absolute Gasteiger partial charge is 0.192 e. The van der Waals surface area contributed by atoms with Gasteiger partial charge in [-0.2, -0.15) is 0 Å². The van der Waals surface area contributed by atoms with Crippen LogP contribution in [0.5, 0.6) is 0 Å². The first-order chi connectivity index (χ1) is 10.1. The Morgan fingerprint density at radius 3 is 2.23 bits per heavy atom. The molecule has 0 saturated carbocycles. The Bertz CT molecular complexity index is 462. The van der Waals surface area contributed by atoms with Gasteiger partial charge in [0.2, 0.25) is 0 Å². The van der Waals surface area contributed by atoms with Crippen molar-refractivity contribution in [3.05, 3.63) is 48.6 Å². The number of benzene rings is 1. The zero-order valence-electron chi connectivity index (χ0n) is 15.0. The van der Waals surface area contributed by atoms with Gasteiger partial charge in [0.05, 0.1) is 12.2 Å².